The lowest BCUT2D eigenvalue weighted by Gasteiger charge is -1.98. The van der Waals surface area contributed by atoms with Crippen LogP contribution in [0.15, 0.2) is 35.7 Å². The second kappa shape index (κ2) is 5.75. The summed E-state index contributed by atoms with van der Waals surface area (Å²) in [5.41, 5.74) is 2.17. The van der Waals surface area contributed by atoms with Gasteiger partial charge in [0.25, 0.3) is 0 Å². The van der Waals surface area contributed by atoms with E-state index in [0.717, 1.165) is 22.8 Å². The first-order chi connectivity index (χ1) is 7.90. The molecule has 0 bridgehead atoms. The van der Waals surface area contributed by atoms with Gasteiger partial charge < -0.3 is 10.4 Å². The van der Waals surface area contributed by atoms with Crippen LogP contribution < -0.4 is 5.32 Å². The van der Waals surface area contributed by atoms with Crippen molar-refractivity contribution < 1.29 is 5.11 Å². The Labute approximate surface area is 98.8 Å². The number of hydrogen-bond acceptors (Lipinski definition) is 4. The van der Waals surface area contributed by atoms with E-state index in [4.69, 9.17) is 5.11 Å². The molecular formula is C12H14N2OS. The molecule has 0 aliphatic rings. The molecule has 84 valence electrons. The number of nitrogens with zero attached hydrogens (tertiary/aromatic N) is 1. The van der Waals surface area contributed by atoms with E-state index in [9.17, 15) is 0 Å². The third kappa shape index (κ3) is 2.88. The smallest absolute Gasteiger partial charge is 0.107 e. The molecular weight excluding hydrogens is 220 g/mol. The molecule has 0 radical (unpaired) electrons. The van der Waals surface area contributed by atoms with E-state index in [1.807, 2.05) is 18.2 Å². The topological polar surface area (TPSA) is 45.1 Å². The largest absolute Gasteiger partial charge is 0.395 e. The molecule has 0 amide bonds. The zero-order valence-electron chi connectivity index (χ0n) is 8.89. The third-order valence-electron chi connectivity index (χ3n) is 2.19. The third-order valence-corrected chi connectivity index (χ3v) is 3.03. The maximum absolute atomic E-state index is 8.65. The van der Waals surface area contributed by atoms with Gasteiger partial charge in [0.15, 0.2) is 0 Å². The Morgan fingerprint density at radius 3 is 2.81 bits per heavy atom. The molecule has 2 aromatic rings. The molecule has 3 nitrogen and oxygen atoms in total. The van der Waals surface area contributed by atoms with Crippen molar-refractivity contribution in [3.63, 3.8) is 0 Å². The van der Waals surface area contributed by atoms with E-state index < -0.39 is 0 Å². The number of aliphatic hydroxyl groups is 1. The Balaban J connectivity index is 2.02. The lowest BCUT2D eigenvalue weighted by atomic mass is 10.2. The van der Waals surface area contributed by atoms with E-state index in [2.05, 4.69) is 27.8 Å². The minimum Gasteiger partial charge on any atom is -0.395 e. The first-order valence-electron chi connectivity index (χ1n) is 5.21. The molecule has 0 saturated carbocycles. The number of thiazole rings is 1. The molecule has 0 fully saturated rings. The summed E-state index contributed by atoms with van der Waals surface area (Å²) in [6.45, 7) is 1.50. The van der Waals surface area contributed by atoms with E-state index in [0.29, 0.717) is 6.54 Å². The minimum absolute atomic E-state index is 0.164. The van der Waals surface area contributed by atoms with Crippen molar-refractivity contribution in [2.24, 2.45) is 0 Å². The summed E-state index contributed by atoms with van der Waals surface area (Å²) >= 11 is 1.64. The fraction of sp³-hybridized carbons (Fsp3) is 0.250. The molecule has 2 N–H and O–H groups in total. The first-order valence-corrected chi connectivity index (χ1v) is 6.09. The quantitative estimate of drug-likeness (QED) is 0.777. The second-order valence-electron chi connectivity index (χ2n) is 3.39. The molecule has 4 heteroatoms. The van der Waals surface area contributed by atoms with Crippen LogP contribution in [0.3, 0.4) is 0 Å². The standard InChI is InChI=1S/C12H14N2OS/c15-7-6-13-8-12-14-11(9-16-12)10-4-2-1-3-5-10/h1-5,9,13,15H,6-8H2. The summed E-state index contributed by atoms with van der Waals surface area (Å²) in [5, 5.41) is 14.9. The average Bonchev–Trinajstić information content (AvgIpc) is 2.79. The Hall–Kier alpha value is -1.23. The highest BCUT2D eigenvalue weighted by Gasteiger charge is 2.03. The Morgan fingerprint density at radius 1 is 1.25 bits per heavy atom. The van der Waals surface area contributed by atoms with Crippen molar-refractivity contribution in [1.29, 1.82) is 0 Å². The number of rotatable bonds is 5. The molecule has 1 aromatic heterocycles. The highest BCUT2D eigenvalue weighted by Crippen LogP contribution is 2.21. The van der Waals surface area contributed by atoms with Gasteiger partial charge in [0.05, 0.1) is 12.3 Å². The molecule has 2 rings (SSSR count). The molecule has 0 saturated heterocycles. The highest BCUT2D eigenvalue weighted by molar-refractivity contribution is 7.09. The fourth-order valence-corrected chi connectivity index (χ4v) is 2.18. The molecule has 1 aromatic carbocycles. The van der Waals surface area contributed by atoms with Crippen LogP contribution in [0.5, 0.6) is 0 Å². The van der Waals surface area contributed by atoms with Gasteiger partial charge in [0, 0.05) is 24.0 Å². The summed E-state index contributed by atoms with van der Waals surface area (Å²) in [6, 6.07) is 10.1. The predicted octanol–water partition coefficient (Wildman–Crippen LogP) is 1.89. The van der Waals surface area contributed by atoms with E-state index in [-0.39, 0.29) is 6.61 Å². The summed E-state index contributed by atoms with van der Waals surface area (Å²) in [7, 11) is 0. The first kappa shape index (κ1) is 11.3. The lowest BCUT2D eigenvalue weighted by Crippen LogP contribution is -2.17. The maximum Gasteiger partial charge on any atom is 0.107 e. The summed E-state index contributed by atoms with van der Waals surface area (Å²) in [4.78, 5) is 4.53. The van der Waals surface area contributed by atoms with Crippen molar-refractivity contribution in [2.75, 3.05) is 13.2 Å². The SMILES string of the molecule is OCCNCc1nc(-c2ccccc2)cs1. The molecule has 0 atom stereocenters. The van der Waals surface area contributed by atoms with Gasteiger partial charge in [-0.2, -0.15) is 0 Å². The maximum atomic E-state index is 8.65. The number of benzene rings is 1. The van der Waals surface area contributed by atoms with Crippen LogP contribution in [-0.4, -0.2) is 23.2 Å². The number of aliphatic hydroxyl groups excluding tert-OH is 1. The molecule has 1 heterocycles. The van der Waals surface area contributed by atoms with Crippen molar-refractivity contribution in [2.45, 2.75) is 6.54 Å². The average molecular weight is 234 g/mol. The number of aromatic nitrogens is 1. The lowest BCUT2D eigenvalue weighted by molar-refractivity contribution is 0.292. The van der Waals surface area contributed by atoms with Crippen molar-refractivity contribution in [3.8, 4) is 11.3 Å². The van der Waals surface area contributed by atoms with Crippen molar-refractivity contribution in [1.82, 2.24) is 10.3 Å². The van der Waals surface area contributed by atoms with Gasteiger partial charge in [-0.25, -0.2) is 4.98 Å². The van der Waals surface area contributed by atoms with Crippen LogP contribution in [0.25, 0.3) is 11.3 Å². The highest BCUT2D eigenvalue weighted by atomic mass is 32.1. The molecule has 0 aliphatic carbocycles. The second-order valence-corrected chi connectivity index (χ2v) is 4.34. The van der Waals surface area contributed by atoms with Gasteiger partial charge >= 0.3 is 0 Å². The zero-order chi connectivity index (χ0) is 11.2. The Morgan fingerprint density at radius 2 is 2.06 bits per heavy atom. The van der Waals surface area contributed by atoms with Crippen molar-refractivity contribution >= 4 is 11.3 Å². The van der Waals surface area contributed by atoms with E-state index in [1.54, 1.807) is 11.3 Å². The van der Waals surface area contributed by atoms with Crippen LogP contribution in [-0.2, 0) is 6.54 Å². The van der Waals surface area contributed by atoms with Crippen molar-refractivity contribution in [3.05, 3.63) is 40.7 Å². The molecule has 16 heavy (non-hydrogen) atoms. The van der Waals surface area contributed by atoms with E-state index in [1.165, 1.54) is 0 Å². The van der Waals surface area contributed by atoms with Gasteiger partial charge in [-0.15, -0.1) is 11.3 Å². The molecule has 0 spiro atoms. The monoisotopic (exact) mass is 234 g/mol. The van der Waals surface area contributed by atoms with E-state index >= 15 is 0 Å². The zero-order valence-corrected chi connectivity index (χ0v) is 9.70. The normalized spacial score (nSPS) is 10.6. The van der Waals surface area contributed by atoms with Crippen LogP contribution in [0.2, 0.25) is 0 Å². The number of hydrogen-bond donors (Lipinski definition) is 2. The van der Waals surface area contributed by atoms with Crippen LogP contribution in [0.1, 0.15) is 5.01 Å². The van der Waals surface area contributed by atoms with Gasteiger partial charge in [-0.1, -0.05) is 30.3 Å². The summed E-state index contributed by atoms with van der Waals surface area (Å²) < 4.78 is 0. The fourth-order valence-electron chi connectivity index (χ4n) is 1.41. The van der Waals surface area contributed by atoms with Crippen LogP contribution in [0.4, 0.5) is 0 Å². The molecule has 0 aliphatic heterocycles. The van der Waals surface area contributed by atoms with Crippen LogP contribution in [0, 0.1) is 0 Å². The Kier molecular flexibility index (Phi) is 4.04. The summed E-state index contributed by atoms with van der Waals surface area (Å²) in [5.74, 6) is 0. The number of nitrogens with one attached hydrogen (secondary N) is 1. The molecule has 0 unspecified atom stereocenters. The van der Waals surface area contributed by atoms with Gasteiger partial charge in [-0.05, 0) is 0 Å². The van der Waals surface area contributed by atoms with Gasteiger partial charge in [-0.3, -0.25) is 0 Å². The minimum atomic E-state index is 0.164. The van der Waals surface area contributed by atoms with Gasteiger partial charge in [0.2, 0.25) is 0 Å². The predicted molar refractivity (Wildman–Crippen MR) is 66.3 cm³/mol. The van der Waals surface area contributed by atoms with Gasteiger partial charge in [0.1, 0.15) is 5.01 Å². The Bertz CT molecular complexity index is 428. The van der Waals surface area contributed by atoms with Crippen LogP contribution >= 0.6 is 11.3 Å². The summed E-state index contributed by atoms with van der Waals surface area (Å²) in [6.07, 6.45) is 0.